The molecule has 0 aliphatic carbocycles. The van der Waals surface area contributed by atoms with Gasteiger partial charge in [-0.05, 0) is 24.6 Å². The van der Waals surface area contributed by atoms with E-state index in [4.69, 9.17) is 5.73 Å². The van der Waals surface area contributed by atoms with Crippen LogP contribution in [-0.2, 0) is 4.79 Å². The minimum Gasteiger partial charge on any atom is -0.378 e. The Kier molecular flexibility index (Phi) is 4.97. The number of benzene rings is 1. The summed E-state index contributed by atoms with van der Waals surface area (Å²) in [5.74, 6) is -0.271. The summed E-state index contributed by atoms with van der Waals surface area (Å²) >= 11 is 0. The van der Waals surface area contributed by atoms with Crippen LogP contribution >= 0.6 is 0 Å². The second kappa shape index (κ2) is 6.25. The summed E-state index contributed by atoms with van der Waals surface area (Å²) < 4.78 is 0. The molecule has 1 rings (SSSR count). The van der Waals surface area contributed by atoms with Gasteiger partial charge in [0.05, 0.1) is 0 Å². The number of carbonyl (C=O) groups is 1. The zero-order chi connectivity index (χ0) is 12.8. The largest absolute Gasteiger partial charge is 0.378 e. The molecule has 0 bridgehead atoms. The maximum atomic E-state index is 10.6. The molecule has 0 radical (unpaired) electrons. The van der Waals surface area contributed by atoms with E-state index in [1.54, 1.807) is 0 Å². The lowest BCUT2D eigenvalue weighted by atomic mass is 10.1. The average Bonchev–Trinajstić information content (AvgIpc) is 2.28. The molecule has 17 heavy (non-hydrogen) atoms. The van der Waals surface area contributed by atoms with Crippen molar-refractivity contribution in [1.82, 2.24) is 5.32 Å². The van der Waals surface area contributed by atoms with Gasteiger partial charge in [-0.25, -0.2) is 0 Å². The summed E-state index contributed by atoms with van der Waals surface area (Å²) in [6.45, 7) is 2.69. The number of nitrogens with zero attached hydrogens (tertiary/aromatic N) is 1. The molecule has 0 saturated heterocycles. The summed E-state index contributed by atoms with van der Waals surface area (Å²) in [5, 5.41) is 3.26. The molecule has 1 aromatic carbocycles. The highest BCUT2D eigenvalue weighted by Crippen LogP contribution is 2.17. The van der Waals surface area contributed by atoms with Gasteiger partial charge in [0.1, 0.15) is 0 Å². The number of nitrogens with two attached hydrogens (primary N) is 1. The van der Waals surface area contributed by atoms with E-state index in [1.807, 2.05) is 14.1 Å². The van der Waals surface area contributed by atoms with Crippen molar-refractivity contribution in [3.8, 4) is 0 Å². The molecular weight excluding hydrogens is 214 g/mol. The first-order valence-electron chi connectivity index (χ1n) is 5.79. The third-order valence-corrected chi connectivity index (χ3v) is 2.73. The lowest BCUT2D eigenvalue weighted by Crippen LogP contribution is -2.24. The van der Waals surface area contributed by atoms with Crippen molar-refractivity contribution in [1.29, 1.82) is 0 Å². The molecule has 94 valence electrons. The first kappa shape index (κ1) is 13.5. The van der Waals surface area contributed by atoms with Crippen LogP contribution < -0.4 is 16.0 Å². The first-order chi connectivity index (χ1) is 8.00. The maximum Gasteiger partial charge on any atom is 0.218 e. The highest BCUT2D eigenvalue weighted by molar-refractivity contribution is 5.73. The third kappa shape index (κ3) is 4.44. The van der Waals surface area contributed by atoms with Gasteiger partial charge in [-0.3, -0.25) is 4.79 Å². The number of carbonyl (C=O) groups excluding carboxylic acids is 1. The lowest BCUT2D eigenvalue weighted by Gasteiger charge is -2.16. The highest BCUT2D eigenvalue weighted by Gasteiger charge is 2.05. The number of nitrogens with one attached hydrogen (secondary N) is 1. The molecule has 0 spiro atoms. The molecule has 0 heterocycles. The van der Waals surface area contributed by atoms with Crippen molar-refractivity contribution < 1.29 is 4.79 Å². The fourth-order valence-corrected chi connectivity index (χ4v) is 1.59. The highest BCUT2D eigenvalue weighted by atomic mass is 16.1. The van der Waals surface area contributed by atoms with E-state index >= 15 is 0 Å². The van der Waals surface area contributed by atoms with Crippen LogP contribution in [0.2, 0.25) is 0 Å². The van der Waals surface area contributed by atoms with Crippen molar-refractivity contribution in [3.63, 3.8) is 0 Å². The van der Waals surface area contributed by atoms with E-state index < -0.39 is 0 Å². The molecular formula is C13H21N3O. The normalized spacial score (nSPS) is 12.2. The molecule has 0 aromatic heterocycles. The van der Waals surface area contributed by atoms with Gasteiger partial charge in [0.15, 0.2) is 0 Å². The van der Waals surface area contributed by atoms with E-state index in [-0.39, 0.29) is 11.9 Å². The van der Waals surface area contributed by atoms with E-state index in [0.29, 0.717) is 13.0 Å². The molecule has 0 saturated carbocycles. The number of anilines is 1. The van der Waals surface area contributed by atoms with E-state index in [0.717, 1.165) is 0 Å². The number of primary amides is 1. The fourth-order valence-electron chi connectivity index (χ4n) is 1.59. The number of amides is 1. The molecule has 1 atom stereocenters. The second-order valence-corrected chi connectivity index (χ2v) is 4.38. The monoisotopic (exact) mass is 235 g/mol. The van der Waals surface area contributed by atoms with Crippen LogP contribution in [0.3, 0.4) is 0 Å². The molecule has 1 aromatic rings. The average molecular weight is 235 g/mol. The van der Waals surface area contributed by atoms with Crippen LogP contribution in [0.1, 0.15) is 24.9 Å². The molecule has 0 fully saturated rings. The Bertz CT molecular complexity index is 359. The standard InChI is InChI=1S/C13H21N3O/c1-10(15-9-8-13(14)17)11-4-6-12(7-5-11)16(2)3/h4-7,10,15H,8-9H2,1-3H3,(H2,14,17). The summed E-state index contributed by atoms with van der Waals surface area (Å²) in [6.07, 6.45) is 0.375. The van der Waals surface area contributed by atoms with Crippen molar-refractivity contribution >= 4 is 11.6 Å². The van der Waals surface area contributed by atoms with E-state index in [2.05, 4.69) is 41.4 Å². The maximum absolute atomic E-state index is 10.6. The Morgan fingerprint density at radius 3 is 2.41 bits per heavy atom. The van der Waals surface area contributed by atoms with E-state index in [9.17, 15) is 4.79 Å². The summed E-state index contributed by atoms with van der Waals surface area (Å²) in [6, 6.07) is 8.59. The molecule has 4 heteroatoms. The minimum absolute atomic E-state index is 0.227. The predicted molar refractivity (Wildman–Crippen MR) is 71.0 cm³/mol. The Morgan fingerprint density at radius 1 is 1.35 bits per heavy atom. The van der Waals surface area contributed by atoms with Crippen molar-refractivity contribution in [2.45, 2.75) is 19.4 Å². The van der Waals surface area contributed by atoms with Gasteiger partial charge < -0.3 is 16.0 Å². The SMILES string of the molecule is CC(NCCC(N)=O)c1ccc(N(C)C)cc1. The van der Waals surface area contributed by atoms with Crippen LogP contribution in [0.25, 0.3) is 0 Å². The summed E-state index contributed by atoms with van der Waals surface area (Å²) in [4.78, 5) is 12.7. The van der Waals surface area contributed by atoms with Gasteiger partial charge in [-0.2, -0.15) is 0 Å². The molecule has 0 aliphatic rings. The Morgan fingerprint density at radius 2 is 1.94 bits per heavy atom. The zero-order valence-electron chi connectivity index (χ0n) is 10.7. The Balaban J connectivity index is 2.51. The van der Waals surface area contributed by atoms with Crippen LogP contribution in [0, 0.1) is 0 Å². The van der Waals surface area contributed by atoms with Gasteiger partial charge in [0, 0.05) is 38.8 Å². The van der Waals surface area contributed by atoms with Crippen LogP contribution in [0.15, 0.2) is 24.3 Å². The smallest absolute Gasteiger partial charge is 0.218 e. The van der Waals surface area contributed by atoms with Gasteiger partial charge >= 0.3 is 0 Å². The summed E-state index contributed by atoms with van der Waals surface area (Å²) in [5.41, 5.74) is 7.47. The van der Waals surface area contributed by atoms with Gasteiger partial charge in [-0.1, -0.05) is 12.1 Å². The fraction of sp³-hybridized carbons (Fsp3) is 0.462. The quantitative estimate of drug-likeness (QED) is 0.781. The second-order valence-electron chi connectivity index (χ2n) is 4.38. The molecule has 1 amide bonds. The van der Waals surface area contributed by atoms with Gasteiger partial charge in [0.25, 0.3) is 0 Å². The molecule has 3 N–H and O–H groups in total. The van der Waals surface area contributed by atoms with Crippen LogP contribution in [0.5, 0.6) is 0 Å². The van der Waals surface area contributed by atoms with Crippen LogP contribution in [-0.4, -0.2) is 26.5 Å². The number of hydrogen-bond acceptors (Lipinski definition) is 3. The van der Waals surface area contributed by atoms with Gasteiger partial charge in [0.2, 0.25) is 5.91 Å². The Hall–Kier alpha value is -1.55. The van der Waals surface area contributed by atoms with Crippen molar-refractivity contribution in [2.24, 2.45) is 5.73 Å². The minimum atomic E-state index is -0.271. The third-order valence-electron chi connectivity index (χ3n) is 2.73. The molecule has 0 aliphatic heterocycles. The van der Waals surface area contributed by atoms with Crippen molar-refractivity contribution in [2.75, 3.05) is 25.5 Å². The van der Waals surface area contributed by atoms with E-state index in [1.165, 1.54) is 11.3 Å². The van der Waals surface area contributed by atoms with Gasteiger partial charge in [-0.15, -0.1) is 0 Å². The number of hydrogen-bond donors (Lipinski definition) is 2. The summed E-state index contributed by atoms with van der Waals surface area (Å²) in [7, 11) is 4.03. The lowest BCUT2D eigenvalue weighted by molar-refractivity contribution is -0.117. The molecule has 4 nitrogen and oxygen atoms in total. The van der Waals surface area contributed by atoms with Crippen LogP contribution in [0.4, 0.5) is 5.69 Å². The molecule has 1 unspecified atom stereocenters. The predicted octanol–water partition coefficient (Wildman–Crippen LogP) is 1.28. The zero-order valence-corrected chi connectivity index (χ0v) is 10.7. The topological polar surface area (TPSA) is 58.4 Å². The first-order valence-corrected chi connectivity index (χ1v) is 5.79. The van der Waals surface area contributed by atoms with Crippen molar-refractivity contribution in [3.05, 3.63) is 29.8 Å². The number of rotatable bonds is 6. The Labute approximate surface area is 103 Å².